The Hall–Kier alpha value is -3.55. The van der Waals surface area contributed by atoms with Gasteiger partial charge in [0.15, 0.2) is 12.4 Å². The van der Waals surface area contributed by atoms with Gasteiger partial charge in [-0.2, -0.15) is 5.10 Å². The van der Waals surface area contributed by atoms with Crippen molar-refractivity contribution >= 4 is 25.1 Å². The average Bonchev–Trinajstić information content (AvgIpc) is 3.23. The lowest BCUT2D eigenvalue weighted by molar-refractivity contribution is -0.145. The molecule has 0 aliphatic rings. The third-order valence-electron chi connectivity index (χ3n) is 4.08. The van der Waals surface area contributed by atoms with E-state index < -0.39 is 5.97 Å². The molecular formula is C21H19BN2O5. The van der Waals surface area contributed by atoms with Crippen molar-refractivity contribution in [1.82, 2.24) is 9.78 Å². The summed E-state index contributed by atoms with van der Waals surface area (Å²) in [5, 5.41) is 4.25. The number of aromatic nitrogens is 2. The van der Waals surface area contributed by atoms with Gasteiger partial charge in [0.2, 0.25) is 0 Å². The van der Waals surface area contributed by atoms with Crippen LogP contribution in [0.1, 0.15) is 22.8 Å². The van der Waals surface area contributed by atoms with Gasteiger partial charge in [-0.25, -0.2) is 9.48 Å². The zero-order chi connectivity index (χ0) is 20.8. The maximum absolute atomic E-state index is 13.0. The highest BCUT2D eigenvalue weighted by Gasteiger charge is 2.18. The van der Waals surface area contributed by atoms with Crippen molar-refractivity contribution in [2.75, 3.05) is 20.3 Å². The van der Waals surface area contributed by atoms with E-state index in [1.807, 2.05) is 12.1 Å². The van der Waals surface area contributed by atoms with E-state index in [0.717, 1.165) is 11.4 Å². The van der Waals surface area contributed by atoms with Gasteiger partial charge < -0.3 is 14.2 Å². The van der Waals surface area contributed by atoms with Crippen molar-refractivity contribution in [1.29, 1.82) is 0 Å². The van der Waals surface area contributed by atoms with E-state index in [-0.39, 0.29) is 30.3 Å². The van der Waals surface area contributed by atoms with E-state index in [1.54, 1.807) is 49.2 Å². The molecule has 0 fully saturated rings. The van der Waals surface area contributed by atoms with Crippen LogP contribution >= 0.6 is 0 Å². The zero-order valence-electron chi connectivity index (χ0n) is 16.1. The number of esters is 1. The van der Waals surface area contributed by atoms with Crippen LogP contribution in [0.15, 0.2) is 54.9 Å². The van der Waals surface area contributed by atoms with E-state index in [4.69, 9.17) is 22.1 Å². The van der Waals surface area contributed by atoms with E-state index in [9.17, 15) is 9.59 Å². The largest absolute Gasteiger partial charge is 0.497 e. The lowest BCUT2D eigenvalue weighted by Crippen LogP contribution is -2.17. The summed E-state index contributed by atoms with van der Waals surface area (Å²) in [4.78, 5) is 24.6. The Balaban J connectivity index is 1.83. The highest BCUT2D eigenvalue weighted by atomic mass is 16.6. The molecule has 29 heavy (non-hydrogen) atoms. The minimum absolute atomic E-state index is 0.239. The minimum Gasteiger partial charge on any atom is -0.497 e. The van der Waals surface area contributed by atoms with Crippen molar-refractivity contribution in [2.24, 2.45) is 0 Å². The first-order chi connectivity index (χ1) is 14.0. The Bertz CT molecular complexity index is 1010. The van der Waals surface area contributed by atoms with Gasteiger partial charge in [-0.15, -0.1) is 0 Å². The number of methoxy groups -OCH3 is 1. The Kier molecular flexibility index (Phi) is 6.34. The Morgan fingerprint density at radius 2 is 1.90 bits per heavy atom. The van der Waals surface area contributed by atoms with Crippen molar-refractivity contribution < 1.29 is 23.8 Å². The standard InChI is InChI=1S/C21H19BN2O5/c1-3-28-20(25)13-29-19-9-4-15(22)10-18(19)21(26)14-11-23-24(12-14)16-5-7-17(27-2)8-6-16/h4-12H,3,13H2,1-2H3. The summed E-state index contributed by atoms with van der Waals surface area (Å²) < 4.78 is 17.0. The van der Waals surface area contributed by atoms with Gasteiger partial charge in [0.25, 0.3) is 0 Å². The molecule has 0 unspecified atom stereocenters. The summed E-state index contributed by atoms with van der Waals surface area (Å²) in [5.74, 6) is 0.126. The third-order valence-corrected chi connectivity index (χ3v) is 4.08. The molecule has 0 saturated carbocycles. The van der Waals surface area contributed by atoms with Crippen LogP contribution in [0.5, 0.6) is 11.5 Å². The molecule has 1 heterocycles. The maximum Gasteiger partial charge on any atom is 0.344 e. The van der Waals surface area contributed by atoms with Crippen molar-refractivity contribution in [3.63, 3.8) is 0 Å². The number of benzene rings is 2. The molecule has 2 aromatic carbocycles. The second kappa shape index (κ2) is 9.10. The van der Waals surface area contributed by atoms with Crippen LogP contribution in [-0.4, -0.2) is 49.7 Å². The summed E-state index contributed by atoms with van der Waals surface area (Å²) in [6, 6.07) is 11.9. The Morgan fingerprint density at radius 3 is 2.59 bits per heavy atom. The second-order valence-electron chi connectivity index (χ2n) is 6.05. The van der Waals surface area contributed by atoms with Crippen LogP contribution in [0, 0.1) is 0 Å². The van der Waals surface area contributed by atoms with Crippen LogP contribution in [0.3, 0.4) is 0 Å². The summed E-state index contributed by atoms with van der Waals surface area (Å²) in [5.41, 5.74) is 1.77. The van der Waals surface area contributed by atoms with E-state index in [1.165, 1.54) is 12.3 Å². The number of ether oxygens (including phenoxy) is 3. The fraction of sp³-hybridized carbons (Fsp3) is 0.190. The first kappa shape index (κ1) is 20.2. The molecule has 0 atom stereocenters. The van der Waals surface area contributed by atoms with Crippen LogP contribution < -0.4 is 14.9 Å². The predicted molar refractivity (Wildman–Crippen MR) is 108 cm³/mol. The molecular weight excluding hydrogens is 371 g/mol. The van der Waals surface area contributed by atoms with E-state index in [2.05, 4.69) is 5.10 Å². The first-order valence-electron chi connectivity index (χ1n) is 8.93. The van der Waals surface area contributed by atoms with Crippen LogP contribution in [0.4, 0.5) is 0 Å². The van der Waals surface area contributed by atoms with Crippen molar-refractivity contribution in [3.8, 4) is 17.2 Å². The fourth-order valence-electron chi connectivity index (χ4n) is 2.66. The van der Waals surface area contributed by atoms with Gasteiger partial charge in [0, 0.05) is 6.20 Å². The molecule has 0 bridgehead atoms. The predicted octanol–water partition coefficient (Wildman–Crippen LogP) is 1.85. The average molecular weight is 390 g/mol. The van der Waals surface area contributed by atoms with Gasteiger partial charge in [0.05, 0.1) is 36.7 Å². The molecule has 0 saturated heterocycles. The van der Waals surface area contributed by atoms with Gasteiger partial charge in [-0.1, -0.05) is 17.6 Å². The molecule has 146 valence electrons. The number of hydrogen-bond donors (Lipinski definition) is 0. The lowest BCUT2D eigenvalue weighted by Gasteiger charge is -2.11. The molecule has 8 heteroatoms. The number of nitrogens with zero attached hydrogens (tertiary/aromatic N) is 2. The van der Waals surface area contributed by atoms with Gasteiger partial charge in [-0.3, -0.25) is 4.79 Å². The van der Waals surface area contributed by atoms with Crippen LogP contribution in [-0.2, 0) is 9.53 Å². The highest BCUT2D eigenvalue weighted by molar-refractivity contribution is 6.33. The second-order valence-corrected chi connectivity index (χ2v) is 6.05. The van der Waals surface area contributed by atoms with E-state index in [0.29, 0.717) is 11.0 Å². The van der Waals surface area contributed by atoms with Crippen molar-refractivity contribution in [3.05, 3.63) is 66.0 Å². The number of hydrogen-bond acceptors (Lipinski definition) is 6. The van der Waals surface area contributed by atoms with E-state index >= 15 is 0 Å². The molecule has 0 aliphatic carbocycles. The molecule has 1 aromatic heterocycles. The quantitative estimate of drug-likeness (QED) is 0.332. The van der Waals surface area contributed by atoms with Crippen LogP contribution in [0.2, 0.25) is 0 Å². The number of carbonyl (C=O) groups is 2. The number of ketones is 1. The number of carbonyl (C=O) groups excluding carboxylic acids is 2. The van der Waals surface area contributed by atoms with Crippen LogP contribution in [0.25, 0.3) is 5.69 Å². The molecule has 7 nitrogen and oxygen atoms in total. The van der Waals surface area contributed by atoms with Gasteiger partial charge in [-0.05, 0) is 37.3 Å². The fourth-order valence-corrected chi connectivity index (χ4v) is 2.66. The van der Waals surface area contributed by atoms with Crippen molar-refractivity contribution in [2.45, 2.75) is 6.92 Å². The van der Waals surface area contributed by atoms with Gasteiger partial charge in [0.1, 0.15) is 19.3 Å². The maximum atomic E-state index is 13.0. The molecule has 3 aromatic rings. The summed E-state index contributed by atoms with van der Waals surface area (Å²) >= 11 is 0. The third kappa shape index (κ3) is 4.84. The Labute approximate surface area is 169 Å². The molecule has 3 rings (SSSR count). The number of rotatable bonds is 8. The smallest absolute Gasteiger partial charge is 0.344 e. The summed E-state index contributed by atoms with van der Waals surface area (Å²) in [6.45, 7) is 1.65. The van der Waals surface area contributed by atoms with Gasteiger partial charge >= 0.3 is 5.97 Å². The monoisotopic (exact) mass is 390 g/mol. The normalized spacial score (nSPS) is 10.4. The molecule has 0 spiro atoms. The zero-order valence-corrected chi connectivity index (χ0v) is 16.1. The highest BCUT2D eigenvalue weighted by Crippen LogP contribution is 2.22. The first-order valence-corrected chi connectivity index (χ1v) is 8.93. The summed E-state index contributed by atoms with van der Waals surface area (Å²) in [7, 11) is 7.43. The molecule has 0 aliphatic heterocycles. The topological polar surface area (TPSA) is 79.7 Å². The molecule has 2 radical (unpaired) electrons. The minimum atomic E-state index is -0.518. The molecule has 0 N–H and O–H groups in total. The SMILES string of the molecule is [B]c1ccc(OCC(=O)OCC)c(C(=O)c2cnn(-c3ccc(OC)cc3)c2)c1. The molecule has 0 amide bonds. The summed E-state index contributed by atoms with van der Waals surface area (Å²) in [6.07, 6.45) is 3.08. The Morgan fingerprint density at radius 1 is 1.14 bits per heavy atom. The lowest BCUT2D eigenvalue weighted by atomic mass is 9.92.